The number of carbonyl (C=O) groups is 3. The summed E-state index contributed by atoms with van der Waals surface area (Å²) in [6, 6.07) is 12.0. The Kier molecular flexibility index (Phi) is 4.47. The third-order valence-electron chi connectivity index (χ3n) is 4.55. The predicted octanol–water partition coefficient (Wildman–Crippen LogP) is 1.53. The van der Waals surface area contributed by atoms with Crippen LogP contribution in [0.4, 0.5) is 17.1 Å². The van der Waals surface area contributed by atoms with Crippen LogP contribution in [0.3, 0.4) is 0 Å². The number of hydrogen-bond donors (Lipinski definition) is 1. The van der Waals surface area contributed by atoms with Crippen LogP contribution in [0.5, 0.6) is 0 Å². The third-order valence-corrected chi connectivity index (χ3v) is 4.55. The van der Waals surface area contributed by atoms with Crippen LogP contribution in [0, 0.1) is 10.1 Å². The van der Waals surface area contributed by atoms with E-state index in [0.29, 0.717) is 5.69 Å². The van der Waals surface area contributed by atoms with E-state index >= 15 is 0 Å². The van der Waals surface area contributed by atoms with Gasteiger partial charge in [0.1, 0.15) is 12.2 Å². The molecule has 2 aliphatic heterocycles. The number of amides is 3. The van der Waals surface area contributed by atoms with Gasteiger partial charge in [-0.25, -0.2) is 4.90 Å². The summed E-state index contributed by atoms with van der Waals surface area (Å²) in [4.78, 5) is 49.3. The van der Waals surface area contributed by atoms with Crippen LogP contribution in [0.2, 0.25) is 0 Å². The number of nitrogens with zero attached hydrogens (tertiary/aromatic N) is 5. The second kappa shape index (κ2) is 7.11. The fraction of sp³-hybridized carbons (Fsp3) is 0.167. The number of anilines is 2. The normalized spacial score (nSPS) is 20.1. The number of rotatable bonds is 5. The Morgan fingerprint density at radius 2 is 1.76 bits per heavy atom. The summed E-state index contributed by atoms with van der Waals surface area (Å²) in [6.45, 7) is -0.391. The van der Waals surface area contributed by atoms with Crippen molar-refractivity contribution < 1.29 is 19.3 Å². The quantitative estimate of drug-likeness (QED) is 0.464. The van der Waals surface area contributed by atoms with Gasteiger partial charge >= 0.3 is 0 Å². The van der Waals surface area contributed by atoms with Crippen molar-refractivity contribution in [2.45, 2.75) is 12.1 Å². The summed E-state index contributed by atoms with van der Waals surface area (Å²) in [6.07, 6.45) is 0. The highest BCUT2D eigenvalue weighted by molar-refractivity contribution is 6.25. The predicted molar refractivity (Wildman–Crippen MR) is 99.8 cm³/mol. The van der Waals surface area contributed by atoms with Crippen molar-refractivity contribution in [3.05, 3.63) is 64.7 Å². The lowest BCUT2D eigenvalue weighted by Crippen LogP contribution is -2.43. The van der Waals surface area contributed by atoms with E-state index in [-0.39, 0.29) is 11.4 Å². The standard InChI is InChI=1S/C18H14N6O5/c25-14(19-12-8-4-5-9-13(12)24(28)29)10-22-16-15(20-21-22)17(26)23(18(16)27)11-6-2-1-3-7-11/h1-9,15-16H,10H2,(H,19,25)/t15-,16-/m1/s1. The first-order valence-corrected chi connectivity index (χ1v) is 8.61. The summed E-state index contributed by atoms with van der Waals surface area (Å²) in [5, 5.41) is 22.3. The molecular weight excluding hydrogens is 380 g/mol. The number of nitro benzene ring substituents is 1. The molecule has 1 N–H and O–H groups in total. The van der Waals surface area contributed by atoms with Crippen LogP contribution in [-0.4, -0.2) is 46.3 Å². The zero-order valence-corrected chi connectivity index (χ0v) is 14.8. The highest BCUT2D eigenvalue weighted by Crippen LogP contribution is 2.31. The molecule has 2 atom stereocenters. The van der Waals surface area contributed by atoms with Crippen molar-refractivity contribution >= 4 is 34.8 Å². The summed E-state index contributed by atoms with van der Waals surface area (Å²) in [5.74, 6) is -1.68. The molecule has 4 rings (SSSR count). The van der Waals surface area contributed by atoms with Gasteiger partial charge in [-0.2, -0.15) is 5.11 Å². The molecule has 2 aliphatic rings. The number of imide groups is 1. The van der Waals surface area contributed by atoms with E-state index in [0.717, 1.165) is 9.91 Å². The highest BCUT2D eigenvalue weighted by atomic mass is 16.6. The number of benzene rings is 2. The van der Waals surface area contributed by atoms with E-state index in [2.05, 4.69) is 15.7 Å². The van der Waals surface area contributed by atoms with Gasteiger partial charge in [0.05, 0.1) is 10.6 Å². The minimum Gasteiger partial charge on any atom is -0.319 e. The number of para-hydroxylation sites is 3. The fourth-order valence-corrected chi connectivity index (χ4v) is 3.26. The molecule has 11 nitrogen and oxygen atoms in total. The molecule has 2 heterocycles. The number of nitro groups is 1. The third kappa shape index (κ3) is 3.18. The molecule has 0 saturated carbocycles. The Labute approximate surface area is 163 Å². The lowest BCUT2D eigenvalue weighted by atomic mass is 10.1. The maximum Gasteiger partial charge on any atom is 0.292 e. The molecule has 3 amide bonds. The Morgan fingerprint density at radius 1 is 1.07 bits per heavy atom. The van der Waals surface area contributed by atoms with Crippen molar-refractivity contribution in [3.63, 3.8) is 0 Å². The molecule has 1 fully saturated rings. The van der Waals surface area contributed by atoms with Crippen LogP contribution in [0.1, 0.15) is 0 Å². The Bertz CT molecular complexity index is 1040. The van der Waals surface area contributed by atoms with Crippen molar-refractivity contribution in [2.24, 2.45) is 10.3 Å². The molecule has 146 valence electrons. The van der Waals surface area contributed by atoms with Crippen molar-refractivity contribution in [3.8, 4) is 0 Å². The van der Waals surface area contributed by atoms with Gasteiger partial charge in [-0.05, 0) is 18.2 Å². The molecule has 0 spiro atoms. The van der Waals surface area contributed by atoms with Gasteiger partial charge in [0.2, 0.25) is 5.91 Å². The van der Waals surface area contributed by atoms with Gasteiger partial charge in [0.25, 0.3) is 17.5 Å². The topological polar surface area (TPSA) is 138 Å². The van der Waals surface area contributed by atoms with Crippen LogP contribution < -0.4 is 10.2 Å². The van der Waals surface area contributed by atoms with Crippen molar-refractivity contribution in [1.29, 1.82) is 0 Å². The Balaban J connectivity index is 1.50. The minimum atomic E-state index is -1.03. The molecule has 0 radical (unpaired) electrons. The van der Waals surface area contributed by atoms with Gasteiger partial charge in [-0.1, -0.05) is 35.6 Å². The molecule has 2 aromatic rings. The maximum atomic E-state index is 12.8. The smallest absolute Gasteiger partial charge is 0.292 e. The number of hydrogen-bond acceptors (Lipinski definition) is 8. The monoisotopic (exact) mass is 394 g/mol. The van der Waals surface area contributed by atoms with Gasteiger partial charge in [-0.15, -0.1) is 0 Å². The second-order valence-electron chi connectivity index (χ2n) is 6.36. The number of carbonyl (C=O) groups excluding carboxylic acids is 3. The van der Waals surface area contributed by atoms with Crippen LogP contribution in [0.15, 0.2) is 64.9 Å². The van der Waals surface area contributed by atoms with E-state index in [1.54, 1.807) is 36.4 Å². The largest absolute Gasteiger partial charge is 0.319 e. The highest BCUT2D eigenvalue weighted by Gasteiger charge is 2.55. The van der Waals surface area contributed by atoms with E-state index < -0.39 is 41.3 Å². The first kappa shape index (κ1) is 18.2. The van der Waals surface area contributed by atoms with Crippen LogP contribution >= 0.6 is 0 Å². The zero-order chi connectivity index (χ0) is 20.5. The lowest BCUT2D eigenvalue weighted by molar-refractivity contribution is -0.383. The first-order valence-electron chi connectivity index (χ1n) is 8.61. The molecule has 0 bridgehead atoms. The lowest BCUT2D eigenvalue weighted by Gasteiger charge is -2.20. The van der Waals surface area contributed by atoms with Crippen molar-refractivity contribution in [2.75, 3.05) is 16.8 Å². The summed E-state index contributed by atoms with van der Waals surface area (Å²) >= 11 is 0. The van der Waals surface area contributed by atoms with Gasteiger partial charge in [0, 0.05) is 6.07 Å². The van der Waals surface area contributed by atoms with E-state index in [4.69, 9.17) is 0 Å². The molecule has 0 unspecified atom stereocenters. The molecule has 0 aliphatic carbocycles. The summed E-state index contributed by atoms with van der Waals surface area (Å²) in [7, 11) is 0. The fourth-order valence-electron chi connectivity index (χ4n) is 3.26. The summed E-state index contributed by atoms with van der Waals surface area (Å²) in [5.41, 5.74) is 0.176. The molecule has 1 saturated heterocycles. The van der Waals surface area contributed by atoms with Crippen LogP contribution in [0.25, 0.3) is 0 Å². The van der Waals surface area contributed by atoms with E-state index in [1.807, 2.05) is 0 Å². The number of nitrogens with one attached hydrogen (secondary N) is 1. The van der Waals surface area contributed by atoms with Gasteiger partial charge in [0.15, 0.2) is 12.1 Å². The van der Waals surface area contributed by atoms with Crippen LogP contribution in [-0.2, 0) is 14.4 Å². The molecular formula is C18H14N6O5. The Hall–Kier alpha value is -4.15. The van der Waals surface area contributed by atoms with Crippen molar-refractivity contribution in [1.82, 2.24) is 5.01 Å². The molecule has 29 heavy (non-hydrogen) atoms. The van der Waals surface area contributed by atoms with Gasteiger partial charge in [-0.3, -0.25) is 29.5 Å². The van der Waals surface area contributed by atoms with E-state index in [1.165, 1.54) is 18.2 Å². The van der Waals surface area contributed by atoms with E-state index in [9.17, 15) is 24.5 Å². The zero-order valence-electron chi connectivity index (χ0n) is 14.8. The SMILES string of the molecule is O=C(CN1N=N[C@H]2C(=O)N(c3ccccc3)C(=O)[C@@H]21)Nc1ccccc1[N+](=O)[O-]. The minimum absolute atomic E-state index is 0.0231. The molecule has 11 heteroatoms. The average Bonchev–Trinajstić information content (AvgIpc) is 3.22. The Morgan fingerprint density at radius 3 is 2.48 bits per heavy atom. The van der Waals surface area contributed by atoms with Gasteiger partial charge < -0.3 is 5.32 Å². The number of fused-ring (bicyclic) bond motifs is 1. The average molecular weight is 394 g/mol. The summed E-state index contributed by atoms with van der Waals surface area (Å²) < 4.78 is 0. The molecule has 2 aromatic carbocycles. The molecule has 0 aromatic heterocycles. The maximum absolute atomic E-state index is 12.8. The first-order chi connectivity index (χ1) is 14.0. The second-order valence-corrected chi connectivity index (χ2v) is 6.36.